The zero-order valence-electron chi connectivity index (χ0n) is 11.1. The molecule has 0 bridgehead atoms. The number of rotatable bonds is 5. The molecule has 1 aromatic rings. The van der Waals surface area contributed by atoms with Crippen molar-refractivity contribution in [2.24, 2.45) is 5.73 Å². The summed E-state index contributed by atoms with van der Waals surface area (Å²) in [7, 11) is -0.824. The molecule has 1 aromatic heterocycles. The number of hydrogen-bond donors (Lipinski definition) is 2. The van der Waals surface area contributed by atoms with Crippen LogP contribution in [0.5, 0.6) is 0 Å². The first-order chi connectivity index (χ1) is 9.02. The van der Waals surface area contributed by atoms with Crippen molar-refractivity contribution in [2.75, 3.05) is 18.6 Å². The van der Waals surface area contributed by atoms with Gasteiger partial charge < -0.3 is 11.1 Å². The van der Waals surface area contributed by atoms with Gasteiger partial charge in [-0.2, -0.15) is 0 Å². The van der Waals surface area contributed by atoms with Crippen molar-refractivity contribution in [1.82, 2.24) is 5.32 Å². The monoisotopic (exact) mass is 298 g/mol. The minimum atomic E-state index is -0.824. The molecule has 2 unspecified atom stereocenters. The zero-order chi connectivity index (χ0) is 14.3. The lowest BCUT2D eigenvalue weighted by Crippen LogP contribution is -2.33. The molecule has 3 N–H and O–H groups in total. The second-order valence-electron chi connectivity index (χ2n) is 4.11. The molecule has 6 heteroatoms. The summed E-state index contributed by atoms with van der Waals surface area (Å²) in [5, 5.41) is 2.89. The topological polar surface area (TPSA) is 72.2 Å². The number of carbonyl (C=O) groups excluding carboxylic acids is 1. The minimum absolute atomic E-state index is 0.0112. The van der Waals surface area contributed by atoms with E-state index in [1.165, 1.54) is 11.3 Å². The maximum absolute atomic E-state index is 11.9. The molecule has 0 aliphatic heterocycles. The van der Waals surface area contributed by atoms with E-state index in [1.54, 1.807) is 12.3 Å². The fourth-order valence-corrected chi connectivity index (χ4v) is 2.84. The molecule has 19 heavy (non-hydrogen) atoms. The molecule has 0 aliphatic rings. The first-order valence-electron chi connectivity index (χ1n) is 5.92. The summed E-state index contributed by atoms with van der Waals surface area (Å²) >= 11 is 1.35. The molecule has 1 amide bonds. The zero-order valence-corrected chi connectivity index (χ0v) is 12.7. The molecule has 1 heterocycles. The van der Waals surface area contributed by atoms with E-state index in [2.05, 4.69) is 17.2 Å². The molecule has 0 aliphatic carbocycles. The molecule has 0 spiro atoms. The third-order valence-electron chi connectivity index (χ3n) is 2.36. The third kappa shape index (κ3) is 6.01. The Hall–Kier alpha value is -1.16. The second kappa shape index (κ2) is 8.10. The van der Waals surface area contributed by atoms with Gasteiger partial charge in [0.2, 0.25) is 0 Å². The van der Waals surface area contributed by atoms with Gasteiger partial charge in [-0.25, -0.2) is 0 Å². The first-order valence-corrected chi connectivity index (χ1v) is 8.47. The van der Waals surface area contributed by atoms with Crippen LogP contribution in [0, 0.1) is 11.8 Å². The summed E-state index contributed by atoms with van der Waals surface area (Å²) in [4.78, 5) is 13.4. The minimum Gasteiger partial charge on any atom is -0.349 e. The van der Waals surface area contributed by atoms with E-state index < -0.39 is 10.8 Å². The molecule has 0 saturated heterocycles. The molecule has 104 valence electrons. The van der Waals surface area contributed by atoms with Crippen LogP contribution in [-0.2, 0) is 10.8 Å². The van der Waals surface area contributed by atoms with Gasteiger partial charge in [-0.05, 0) is 25.5 Å². The number of hydrogen-bond acceptors (Lipinski definition) is 4. The standard InChI is InChI=1S/C13H18N2O2S2/c1-10(7-9-19(2)17)15-13(16)12-6-5-11(18-12)4-3-8-14/h5-6,10H,7-9,14H2,1-2H3,(H,15,16). The summed E-state index contributed by atoms with van der Waals surface area (Å²) in [5.41, 5.74) is 5.29. The smallest absolute Gasteiger partial charge is 0.261 e. The van der Waals surface area contributed by atoms with Crippen LogP contribution in [0.2, 0.25) is 0 Å². The van der Waals surface area contributed by atoms with Crippen molar-refractivity contribution in [3.63, 3.8) is 0 Å². The molecular formula is C13H18N2O2S2. The molecule has 0 saturated carbocycles. The van der Waals surface area contributed by atoms with Crippen LogP contribution in [0.15, 0.2) is 12.1 Å². The van der Waals surface area contributed by atoms with Crippen LogP contribution < -0.4 is 11.1 Å². The van der Waals surface area contributed by atoms with Gasteiger partial charge >= 0.3 is 0 Å². The van der Waals surface area contributed by atoms with Crippen LogP contribution in [-0.4, -0.2) is 34.7 Å². The number of carbonyl (C=O) groups is 1. The number of nitrogens with one attached hydrogen (secondary N) is 1. The van der Waals surface area contributed by atoms with Crippen LogP contribution >= 0.6 is 11.3 Å². The summed E-state index contributed by atoms with van der Waals surface area (Å²) in [6.07, 6.45) is 2.37. The number of nitrogens with two attached hydrogens (primary N) is 1. The van der Waals surface area contributed by atoms with Crippen LogP contribution in [0.3, 0.4) is 0 Å². The van der Waals surface area contributed by atoms with Crippen molar-refractivity contribution < 1.29 is 9.00 Å². The average Bonchev–Trinajstić information content (AvgIpc) is 2.82. The molecule has 2 atom stereocenters. The van der Waals surface area contributed by atoms with Gasteiger partial charge in [0.05, 0.1) is 16.3 Å². The van der Waals surface area contributed by atoms with Gasteiger partial charge in [0.15, 0.2) is 0 Å². The highest BCUT2D eigenvalue weighted by Crippen LogP contribution is 2.15. The van der Waals surface area contributed by atoms with E-state index in [0.29, 0.717) is 23.6 Å². The van der Waals surface area contributed by atoms with Gasteiger partial charge in [-0.1, -0.05) is 11.8 Å². The van der Waals surface area contributed by atoms with Gasteiger partial charge in [0.1, 0.15) is 0 Å². The van der Waals surface area contributed by atoms with Crippen LogP contribution in [0.1, 0.15) is 27.9 Å². The highest BCUT2D eigenvalue weighted by atomic mass is 32.2. The Balaban J connectivity index is 2.53. The summed E-state index contributed by atoms with van der Waals surface area (Å²) in [6.45, 7) is 2.22. The Labute approximate surface area is 120 Å². The fourth-order valence-electron chi connectivity index (χ4n) is 1.38. The first kappa shape index (κ1) is 15.9. The Morgan fingerprint density at radius 3 is 2.95 bits per heavy atom. The fraction of sp³-hybridized carbons (Fsp3) is 0.462. The Morgan fingerprint density at radius 1 is 1.58 bits per heavy atom. The lowest BCUT2D eigenvalue weighted by atomic mass is 10.2. The average molecular weight is 298 g/mol. The van der Waals surface area contributed by atoms with Gasteiger partial charge in [0.25, 0.3) is 5.91 Å². The molecule has 0 fully saturated rings. The van der Waals surface area contributed by atoms with E-state index in [1.807, 2.05) is 13.0 Å². The van der Waals surface area contributed by atoms with Crippen molar-refractivity contribution in [3.8, 4) is 11.8 Å². The summed E-state index contributed by atoms with van der Waals surface area (Å²) in [5.74, 6) is 6.13. The SMILES string of the molecule is CC(CCS(C)=O)NC(=O)c1ccc(C#CCN)s1. The molecular weight excluding hydrogens is 280 g/mol. The van der Waals surface area contributed by atoms with Crippen LogP contribution in [0.25, 0.3) is 0 Å². The molecule has 1 rings (SSSR count). The van der Waals surface area contributed by atoms with Crippen LogP contribution in [0.4, 0.5) is 0 Å². The highest BCUT2D eigenvalue weighted by Gasteiger charge is 2.12. The van der Waals surface area contributed by atoms with Crippen molar-refractivity contribution in [2.45, 2.75) is 19.4 Å². The number of thiophene rings is 1. The van der Waals surface area contributed by atoms with Crippen molar-refractivity contribution in [1.29, 1.82) is 0 Å². The van der Waals surface area contributed by atoms with E-state index >= 15 is 0 Å². The Morgan fingerprint density at radius 2 is 2.32 bits per heavy atom. The third-order valence-corrected chi connectivity index (χ3v) is 4.17. The highest BCUT2D eigenvalue weighted by molar-refractivity contribution is 7.84. The van der Waals surface area contributed by atoms with Crippen molar-refractivity contribution in [3.05, 3.63) is 21.9 Å². The quantitative estimate of drug-likeness (QED) is 0.795. The second-order valence-corrected chi connectivity index (χ2v) is 6.75. The lowest BCUT2D eigenvalue weighted by Gasteiger charge is -2.11. The Kier molecular flexibility index (Phi) is 6.78. The summed E-state index contributed by atoms with van der Waals surface area (Å²) in [6, 6.07) is 3.58. The normalized spacial score (nSPS) is 13.2. The van der Waals surface area contributed by atoms with E-state index in [0.717, 1.165) is 4.88 Å². The van der Waals surface area contributed by atoms with E-state index in [4.69, 9.17) is 5.73 Å². The van der Waals surface area contributed by atoms with E-state index in [9.17, 15) is 9.00 Å². The summed E-state index contributed by atoms with van der Waals surface area (Å²) < 4.78 is 11.0. The maximum atomic E-state index is 11.9. The molecule has 0 aromatic carbocycles. The van der Waals surface area contributed by atoms with E-state index in [-0.39, 0.29) is 11.9 Å². The lowest BCUT2D eigenvalue weighted by molar-refractivity contribution is 0.0943. The predicted molar refractivity (Wildman–Crippen MR) is 80.7 cm³/mol. The maximum Gasteiger partial charge on any atom is 0.261 e. The molecule has 0 radical (unpaired) electrons. The van der Waals surface area contributed by atoms with Gasteiger partial charge in [-0.15, -0.1) is 11.3 Å². The largest absolute Gasteiger partial charge is 0.349 e. The predicted octanol–water partition coefficient (Wildman–Crippen LogP) is 0.945. The number of amides is 1. The Bertz CT molecular complexity index is 514. The molecule has 4 nitrogen and oxygen atoms in total. The van der Waals surface area contributed by atoms with Gasteiger partial charge in [0, 0.05) is 28.9 Å². The van der Waals surface area contributed by atoms with Gasteiger partial charge in [-0.3, -0.25) is 9.00 Å². The van der Waals surface area contributed by atoms with Crippen molar-refractivity contribution >= 4 is 28.0 Å².